The van der Waals surface area contributed by atoms with Gasteiger partial charge in [-0.25, -0.2) is 4.39 Å². The van der Waals surface area contributed by atoms with Crippen molar-refractivity contribution < 1.29 is 4.39 Å². The molecule has 0 aliphatic heterocycles. The zero-order chi connectivity index (χ0) is 13.1. The predicted molar refractivity (Wildman–Crippen MR) is 85.3 cm³/mol. The van der Waals surface area contributed by atoms with E-state index in [9.17, 15) is 4.39 Å². The molecule has 0 amide bonds. The summed E-state index contributed by atoms with van der Waals surface area (Å²) in [6, 6.07) is 12.8. The van der Waals surface area contributed by atoms with E-state index in [0.29, 0.717) is 0 Å². The number of rotatable bonds is 3. The molecule has 0 bridgehead atoms. The van der Waals surface area contributed by atoms with Gasteiger partial charge >= 0.3 is 0 Å². The number of hydrogen-bond donors (Lipinski definition) is 1. The molecule has 1 nitrogen and oxygen atoms in total. The third-order valence-corrected chi connectivity index (χ3v) is 5.01. The summed E-state index contributed by atoms with van der Waals surface area (Å²) in [7, 11) is 0. The highest BCUT2D eigenvalue weighted by molar-refractivity contribution is 14.1. The van der Waals surface area contributed by atoms with Crippen LogP contribution in [0.1, 0.15) is 18.5 Å². The Morgan fingerprint density at radius 3 is 2.44 bits per heavy atom. The molecule has 0 aliphatic carbocycles. The molecule has 2 rings (SSSR count). The molecule has 4 heteroatoms. The summed E-state index contributed by atoms with van der Waals surface area (Å²) in [5.41, 5.74) is 2.10. The highest BCUT2D eigenvalue weighted by atomic mass is 127. The van der Waals surface area contributed by atoms with Crippen LogP contribution in [0.15, 0.2) is 46.9 Å². The minimum Gasteiger partial charge on any atom is -0.378 e. The summed E-state index contributed by atoms with van der Waals surface area (Å²) in [5.74, 6) is -0.206. The van der Waals surface area contributed by atoms with Gasteiger partial charge < -0.3 is 5.32 Å². The van der Waals surface area contributed by atoms with Gasteiger partial charge in [-0.3, -0.25) is 0 Å². The average Bonchev–Trinajstić information content (AvgIpc) is 2.34. The van der Waals surface area contributed by atoms with Gasteiger partial charge in [-0.05, 0) is 81.3 Å². The van der Waals surface area contributed by atoms with Crippen LogP contribution in [0.4, 0.5) is 10.1 Å². The Kier molecular flexibility index (Phi) is 4.61. The van der Waals surface area contributed by atoms with Crippen molar-refractivity contribution in [3.05, 3.63) is 61.9 Å². The van der Waals surface area contributed by atoms with Gasteiger partial charge in [-0.2, -0.15) is 0 Å². The van der Waals surface area contributed by atoms with Crippen LogP contribution in [-0.2, 0) is 0 Å². The molecular weight excluding hydrogens is 408 g/mol. The normalized spacial score (nSPS) is 12.2. The molecule has 2 aromatic rings. The van der Waals surface area contributed by atoms with E-state index < -0.39 is 0 Å². The van der Waals surface area contributed by atoms with Crippen LogP contribution in [-0.4, -0.2) is 0 Å². The maximum Gasteiger partial charge on any atom is 0.123 e. The fourth-order valence-corrected chi connectivity index (χ4v) is 2.38. The van der Waals surface area contributed by atoms with E-state index in [4.69, 9.17) is 0 Å². The van der Waals surface area contributed by atoms with Crippen molar-refractivity contribution in [1.29, 1.82) is 0 Å². The third kappa shape index (κ3) is 3.45. The molecule has 1 atom stereocenters. The lowest BCUT2D eigenvalue weighted by Gasteiger charge is -2.16. The molecule has 1 unspecified atom stereocenters. The molecule has 0 aliphatic rings. The fraction of sp³-hybridized carbons (Fsp3) is 0.143. The van der Waals surface area contributed by atoms with Crippen LogP contribution in [0.3, 0.4) is 0 Å². The van der Waals surface area contributed by atoms with Crippen molar-refractivity contribution in [3.63, 3.8) is 0 Å². The lowest BCUT2D eigenvalue weighted by molar-refractivity contribution is 0.626. The van der Waals surface area contributed by atoms with Crippen LogP contribution in [0.25, 0.3) is 0 Å². The van der Waals surface area contributed by atoms with E-state index in [0.717, 1.165) is 15.7 Å². The fourth-order valence-electron chi connectivity index (χ4n) is 1.67. The number of halogens is 3. The molecule has 0 spiro atoms. The minimum atomic E-state index is -0.206. The topological polar surface area (TPSA) is 12.0 Å². The van der Waals surface area contributed by atoms with E-state index in [-0.39, 0.29) is 11.9 Å². The maximum atomic E-state index is 12.8. The first kappa shape index (κ1) is 13.8. The quantitative estimate of drug-likeness (QED) is 0.660. The van der Waals surface area contributed by atoms with Crippen LogP contribution >= 0.6 is 38.5 Å². The zero-order valence-electron chi connectivity index (χ0n) is 9.75. The zero-order valence-corrected chi connectivity index (χ0v) is 13.5. The summed E-state index contributed by atoms with van der Waals surface area (Å²) < 4.78 is 15.1. The number of nitrogens with one attached hydrogen (secondary N) is 1. The molecule has 1 N–H and O–H groups in total. The van der Waals surface area contributed by atoms with Gasteiger partial charge in [0, 0.05) is 19.8 Å². The van der Waals surface area contributed by atoms with E-state index in [1.807, 2.05) is 18.2 Å². The van der Waals surface area contributed by atoms with Crippen molar-refractivity contribution in [1.82, 2.24) is 0 Å². The Balaban J connectivity index is 2.13. The average molecular weight is 420 g/mol. The minimum absolute atomic E-state index is 0.137. The molecule has 0 radical (unpaired) electrons. The van der Waals surface area contributed by atoms with Crippen molar-refractivity contribution >= 4 is 44.2 Å². The molecule has 0 fully saturated rings. The van der Waals surface area contributed by atoms with Crippen molar-refractivity contribution in [3.8, 4) is 0 Å². The van der Waals surface area contributed by atoms with Gasteiger partial charge in [-0.15, -0.1) is 0 Å². The Hall–Kier alpha value is -0.620. The summed E-state index contributed by atoms with van der Waals surface area (Å²) in [4.78, 5) is 0. The molecule has 94 valence electrons. The smallest absolute Gasteiger partial charge is 0.123 e. The van der Waals surface area contributed by atoms with Gasteiger partial charge in [-0.1, -0.05) is 12.1 Å². The molecule has 0 saturated carbocycles. The molecule has 2 aromatic carbocycles. The highest BCUT2D eigenvalue weighted by Crippen LogP contribution is 2.25. The Morgan fingerprint density at radius 1 is 1.17 bits per heavy atom. The van der Waals surface area contributed by atoms with Crippen LogP contribution < -0.4 is 5.32 Å². The van der Waals surface area contributed by atoms with Gasteiger partial charge in [0.1, 0.15) is 5.82 Å². The van der Waals surface area contributed by atoms with Crippen molar-refractivity contribution in [2.75, 3.05) is 5.32 Å². The summed E-state index contributed by atoms with van der Waals surface area (Å²) in [6.45, 7) is 2.05. The second kappa shape index (κ2) is 6.02. The standard InChI is InChI=1S/C14H12BrFIN/c1-9(10-2-4-11(16)5-3-10)18-12-6-7-14(17)13(15)8-12/h2-9,18H,1H3. The Labute approximate surface area is 128 Å². The monoisotopic (exact) mass is 419 g/mol. The van der Waals surface area contributed by atoms with Crippen molar-refractivity contribution in [2.45, 2.75) is 13.0 Å². The molecule has 0 saturated heterocycles. The van der Waals surface area contributed by atoms with Gasteiger partial charge in [0.15, 0.2) is 0 Å². The number of hydrogen-bond acceptors (Lipinski definition) is 1. The van der Waals surface area contributed by atoms with Crippen molar-refractivity contribution in [2.24, 2.45) is 0 Å². The van der Waals surface area contributed by atoms with Gasteiger partial charge in [0.05, 0.1) is 0 Å². The largest absolute Gasteiger partial charge is 0.378 e. The first-order valence-corrected chi connectivity index (χ1v) is 7.40. The Morgan fingerprint density at radius 2 is 1.83 bits per heavy atom. The first-order valence-electron chi connectivity index (χ1n) is 5.53. The highest BCUT2D eigenvalue weighted by Gasteiger charge is 2.06. The first-order chi connectivity index (χ1) is 8.56. The Bertz CT molecular complexity index is 542. The van der Waals surface area contributed by atoms with E-state index >= 15 is 0 Å². The van der Waals surface area contributed by atoms with Crippen LogP contribution in [0.2, 0.25) is 0 Å². The van der Waals surface area contributed by atoms with E-state index in [2.05, 4.69) is 50.8 Å². The van der Waals surface area contributed by atoms with Crippen LogP contribution in [0, 0.1) is 9.39 Å². The maximum absolute atomic E-state index is 12.8. The molecule has 0 heterocycles. The lowest BCUT2D eigenvalue weighted by atomic mass is 10.1. The SMILES string of the molecule is CC(Nc1ccc(I)c(Br)c1)c1ccc(F)cc1. The summed E-state index contributed by atoms with van der Waals surface area (Å²) in [6.07, 6.45) is 0. The summed E-state index contributed by atoms with van der Waals surface area (Å²) >= 11 is 5.78. The van der Waals surface area contributed by atoms with E-state index in [1.165, 1.54) is 15.7 Å². The lowest BCUT2D eigenvalue weighted by Crippen LogP contribution is -2.06. The van der Waals surface area contributed by atoms with Gasteiger partial charge in [0.2, 0.25) is 0 Å². The third-order valence-electron chi connectivity index (χ3n) is 2.67. The number of benzene rings is 2. The second-order valence-electron chi connectivity index (χ2n) is 4.05. The summed E-state index contributed by atoms with van der Waals surface area (Å²) in [5, 5.41) is 3.39. The predicted octanol–water partition coefficient (Wildman–Crippen LogP) is 5.37. The van der Waals surface area contributed by atoms with Crippen LogP contribution in [0.5, 0.6) is 0 Å². The number of anilines is 1. The molecular formula is C14H12BrFIN. The molecule has 18 heavy (non-hydrogen) atoms. The second-order valence-corrected chi connectivity index (χ2v) is 6.06. The van der Waals surface area contributed by atoms with E-state index in [1.54, 1.807) is 12.1 Å². The molecule has 0 aromatic heterocycles. The van der Waals surface area contributed by atoms with Gasteiger partial charge in [0.25, 0.3) is 0 Å².